The number of amides is 2. The zero-order valence-electron chi connectivity index (χ0n) is 15.4. The summed E-state index contributed by atoms with van der Waals surface area (Å²) in [6.07, 6.45) is 0.719. The fourth-order valence-electron chi connectivity index (χ4n) is 3.34. The van der Waals surface area contributed by atoms with E-state index in [1.807, 2.05) is 24.3 Å². The molecule has 10 heteroatoms. The maximum atomic E-state index is 10.7. The third-order valence-corrected chi connectivity index (χ3v) is 5.74. The van der Waals surface area contributed by atoms with Gasteiger partial charge in [-0.25, -0.2) is 9.78 Å². The van der Waals surface area contributed by atoms with Crippen molar-refractivity contribution in [3.05, 3.63) is 40.4 Å². The van der Waals surface area contributed by atoms with Gasteiger partial charge in [0.15, 0.2) is 11.0 Å². The van der Waals surface area contributed by atoms with Gasteiger partial charge in [-0.05, 0) is 34.4 Å². The number of aromatic nitrogens is 3. The molecule has 5 N–H and O–H groups in total. The van der Waals surface area contributed by atoms with E-state index in [-0.39, 0.29) is 5.95 Å². The first-order valence-corrected chi connectivity index (χ1v) is 10.4. The summed E-state index contributed by atoms with van der Waals surface area (Å²) in [6.45, 7) is 1.57. The van der Waals surface area contributed by atoms with Crippen LogP contribution in [-0.2, 0) is 18.0 Å². The second-order valence-electron chi connectivity index (χ2n) is 6.52. The van der Waals surface area contributed by atoms with E-state index in [1.165, 1.54) is 11.8 Å². The number of nitrogens with one attached hydrogen (secondary N) is 1. The summed E-state index contributed by atoms with van der Waals surface area (Å²) in [5, 5.41) is 5.70. The summed E-state index contributed by atoms with van der Waals surface area (Å²) in [5.41, 5.74) is 13.9. The number of benzene rings is 2. The Morgan fingerprint density at radius 3 is 2.90 bits per heavy atom. The molecule has 0 fully saturated rings. The van der Waals surface area contributed by atoms with Crippen molar-refractivity contribution in [2.75, 3.05) is 18.0 Å². The van der Waals surface area contributed by atoms with Crippen molar-refractivity contribution >= 4 is 46.1 Å². The molecule has 0 unspecified atom stereocenters. The molecule has 0 spiro atoms. The fourth-order valence-corrected chi connectivity index (χ4v) is 4.44. The number of hydrogen-bond donors (Lipinski definition) is 3. The smallest absolute Gasteiger partial charge is 0.312 e. The predicted molar refractivity (Wildman–Crippen MR) is 114 cm³/mol. The number of thioether (sulfide) groups is 1. The number of nitrogens with zero attached hydrogens (tertiary/aromatic N) is 3. The van der Waals surface area contributed by atoms with Crippen LogP contribution in [0.5, 0.6) is 0 Å². The standard InChI is InChI=1S/C19H19ClN6O2S/c20-13-7-11-9-28-8-10-3-1-4-12(14(10)11)15(13)16-24-17(21)26-19(25-16)29-6-2-5-23-18(22)27/h1,3-4,7H,2,5-6,8-9H2,(H3,22,23,27)(H2,21,24,25,26). The van der Waals surface area contributed by atoms with E-state index in [2.05, 4.69) is 20.3 Å². The van der Waals surface area contributed by atoms with Gasteiger partial charge in [0.2, 0.25) is 5.95 Å². The molecule has 2 heterocycles. The number of nitrogen functional groups attached to an aromatic ring is 1. The van der Waals surface area contributed by atoms with Crippen LogP contribution in [0.2, 0.25) is 5.02 Å². The van der Waals surface area contributed by atoms with Crippen LogP contribution >= 0.6 is 23.4 Å². The van der Waals surface area contributed by atoms with Crippen LogP contribution in [0.3, 0.4) is 0 Å². The summed E-state index contributed by atoms with van der Waals surface area (Å²) in [4.78, 5) is 23.9. The van der Waals surface area contributed by atoms with Gasteiger partial charge in [-0.1, -0.05) is 41.6 Å². The van der Waals surface area contributed by atoms with Crippen LogP contribution in [0.1, 0.15) is 17.5 Å². The number of halogens is 1. The molecule has 1 aliphatic heterocycles. The van der Waals surface area contributed by atoms with Gasteiger partial charge >= 0.3 is 6.03 Å². The van der Waals surface area contributed by atoms with Gasteiger partial charge in [-0.2, -0.15) is 9.97 Å². The minimum absolute atomic E-state index is 0.132. The Hall–Kier alpha value is -2.62. The Morgan fingerprint density at radius 1 is 1.24 bits per heavy atom. The lowest BCUT2D eigenvalue weighted by molar-refractivity contribution is 0.103. The molecule has 8 nitrogen and oxygen atoms in total. The summed E-state index contributed by atoms with van der Waals surface area (Å²) >= 11 is 8.05. The molecule has 0 radical (unpaired) electrons. The lowest BCUT2D eigenvalue weighted by Crippen LogP contribution is -2.30. The largest absolute Gasteiger partial charge is 0.372 e. The summed E-state index contributed by atoms with van der Waals surface area (Å²) < 4.78 is 5.65. The van der Waals surface area contributed by atoms with E-state index in [9.17, 15) is 4.79 Å². The highest BCUT2D eigenvalue weighted by Gasteiger charge is 2.20. The van der Waals surface area contributed by atoms with Crippen LogP contribution in [0, 0.1) is 0 Å². The third kappa shape index (κ3) is 4.21. The van der Waals surface area contributed by atoms with Crippen molar-refractivity contribution in [3.63, 3.8) is 0 Å². The highest BCUT2D eigenvalue weighted by atomic mass is 35.5. The van der Waals surface area contributed by atoms with Gasteiger partial charge in [0.05, 0.1) is 18.2 Å². The molecule has 0 aliphatic carbocycles. The number of primary amides is 1. The molecule has 29 heavy (non-hydrogen) atoms. The quantitative estimate of drug-likeness (QED) is 0.404. The molecule has 4 rings (SSSR count). The van der Waals surface area contributed by atoms with E-state index in [1.54, 1.807) is 0 Å². The fraction of sp³-hybridized carbons (Fsp3) is 0.263. The maximum Gasteiger partial charge on any atom is 0.312 e. The average Bonchev–Trinajstić information content (AvgIpc) is 2.67. The molecular weight excluding hydrogens is 412 g/mol. The number of hydrogen-bond acceptors (Lipinski definition) is 7. The highest BCUT2D eigenvalue weighted by molar-refractivity contribution is 7.99. The normalized spacial score (nSPS) is 12.9. The van der Waals surface area contributed by atoms with E-state index < -0.39 is 6.03 Å². The lowest BCUT2D eigenvalue weighted by Gasteiger charge is -2.20. The monoisotopic (exact) mass is 430 g/mol. The van der Waals surface area contributed by atoms with Crippen LogP contribution in [0.4, 0.5) is 10.7 Å². The van der Waals surface area contributed by atoms with Crippen molar-refractivity contribution in [1.82, 2.24) is 20.3 Å². The molecule has 1 aliphatic rings. The van der Waals surface area contributed by atoms with Crippen molar-refractivity contribution in [2.45, 2.75) is 24.8 Å². The Morgan fingerprint density at radius 2 is 2.07 bits per heavy atom. The Bertz CT molecular complexity index is 1090. The predicted octanol–water partition coefficient (Wildman–Crippen LogP) is 3.11. The molecule has 0 saturated heterocycles. The Balaban J connectivity index is 1.68. The molecular formula is C19H19ClN6O2S. The number of nitrogens with two attached hydrogens (primary N) is 2. The SMILES string of the molecule is NC(=O)NCCCSc1nc(N)nc(-c2c(Cl)cc3c4c(cccc24)COC3)n1. The summed E-state index contributed by atoms with van der Waals surface area (Å²) in [7, 11) is 0. The molecule has 0 bridgehead atoms. The zero-order chi connectivity index (χ0) is 20.4. The van der Waals surface area contributed by atoms with E-state index >= 15 is 0 Å². The van der Waals surface area contributed by atoms with Crippen LogP contribution in [-0.4, -0.2) is 33.3 Å². The second kappa shape index (κ2) is 8.40. The number of rotatable bonds is 6. The van der Waals surface area contributed by atoms with Crippen molar-refractivity contribution in [3.8, 4) is 11.4 Å². The van der Waals surface area contributed by atoms with Gasteiger partial charge in [0.1, 0.15) is 0 Å². The minimum atomic E-state index is -0.537. The second-order valence-corrected chi connectivity index (χ2v) is 7.99. The molecule has 0 atom stereocenters. The van der Waals surface area contributed by atoms with Gasteiger partial charge in [0, 0.05) is 17.9 Å². The zero-order valence-corrected chi connectivity index (χ0v) is 17.0. The Kier molecular flexibility index (Phi) is 5.70. The van der Waals surface area contributed by atoms with E-state index in [0.29, 0.717) is 41.5 Å². The van der Waals surface area contributed by atoms with E-state index in [4.69, 9.17) is 27.8 Å². The minimum Gasteiger partial charge on any atom is -0.372 e. The van der Waals surface area contributed by atoms with E-state index in [0.717, 1.165) is 33.9 Å². The average molecular weight is 431 g/mol. The molecule has 2 aromatic carbocycles. The number of carbonyl (C=O) groups excluding carboxylic acids is 1. The number of carbonyl (C=O) groups is 1. The Labute approximate surface area is 176 Å². The van der Waals surface area contributed by atoms with Crippen molar-refractivity contribution in [1.29, 1.82) is 0 Å². The first-order chi connectivity index (χ1) is 14.0. The van der Waals surface area contributed by atoms with Gasteiger partial charge in [0.25, 0.3) is 0 Å². The number of anilines is 1. The molecule has 0 saturated carbocycles. The molecule has 3 aromatic rings. The van der Waals surface area contributed by atoms with Crippen molar-refractivity contribution < 1.29 is 9.53 Å². The van der Waals surface area contributed by atoms with Crippen LogP contribution in [0.25, 0.3) is 22.2 Å². The molecule has 2 amide bonds. The summed E-state index contributed by atoms with van der Waals surface area (Å²) in [5.74, 6) is 1.26. The van der Waals surface area contributed by atoms with Gasteiger partial charge < -0.3 is 21.5 Å². The van der Waals surface area contributed by atoms with Gasteiger partial charge in [-0.15, -0.1) is 0 Å². The molecule has 150 valence electrons. The lowest BCUT2D eigenvalue weighted by atomic mass is 9.94. The number of ether oxygens (including phenoxy) is 1. The van der Waals surface area contributed by atoms with Crippen LogP contribution in [0.15, 0.2) is 29.4 Å². The highest BCUT2D eigenvalue weighted by Crippen LogP contribution is 2.39. The first kappa shape index (κ1) is 19.7. The summed E-state index contributed by atoms with van der Waals surface area (Å²) in [6, 6.07) is 7.40. The topological polar surface area (TPSA) is 129 Å². The maximum absolute atomic E-state index is 10.7. The van der Waals surface area contributed by atoms with Gasteiger partial charge in [-0.3, -0.25) is 0 Å². The third-order valence-electron chi connectivity index (χ3n) is 4.50. The molecule has 1 aromatic heterocycles. The number of urea groups is 1. The first-order valence-electron chi connectivity index (χ1n) is 9.01. The van der Waals surface area contributed by atoms with Crippen LogP contribution < -0.4 is 16.8 Å². The van der Waals surface area contributed by atoms with Crippen molar-refractivity contribution in [2.24, 2.45) is 5.73 Å².